The molecule has 0 bridgehead atoms. The first kappa shape index (κ1) is 23.7. The molecule has 3 heterocycles. The molecule has 0 atom stereocenters. The maximum Gasteiger partial charge on any atom is 0.143 e. The number of thiophene rings is 1. The van der Waals surface area contributed by atoms with Crippen LogP contribution < -0.4 is 0 Å². The molecule has 2 aromatic heterocycles. The zero-order valence-electron chi connectivity index (χ0n) is 22.9. The predicted octanol–water partition coefficient (Wildman–Crippen LogP) is 12.6. The van der Waals surface area contributed by atoms with Gasteiger partial charge in [-0.25, -0.2) is 0 Å². The molecule has 0 unspecified atom stereocenters. The molecule has 1 nitrogen and oxygen atoms in total. The molecular weight excluding hydrogens is 561 g/mol. The summed E-state index contributed by atoms with van der Waals surface area (Å²) in [7, 11) is 0. The van der Waals surface area contributed by atoms with Crippen molar-refractivity contribution >= 4 is 76.0 Å². The molecule has 0 saturated carbocycles. The molecule has 1 aliphatic rings. The third-order valence-electron chi connectivity index (χ3n) is 8.88. The third-order valence-corrected chi connectivity index (χ3v) is 11.1. The van der Waals surface area contributed by atoms with Crippen molar-refractivity contribution in [3.05, 3.63) is 133 Å². The fourth-order valence-corrected chi connectivity index (χ4v) is 9.16. The van der Waals surface area contributed by atoms with Gasteiger partial charge in [0.2, 0.25) is 0 Å². The van der Waals surface area contributed by atoms with E-state index in [1.54, 1.807) is 0 Å². The Balaban J connectivity index is 1.09. The second-order valence-corrected chi connectivity index (χ2v) is 13.4. The monoisotopic (exact) mass is 582 g/mol. The maximum atomic E-state index is 6.35. The van der Waals surface area contributed by atoms with Crippen molar-refractivity contribution in [2.75, 3.05) is 0 Å². The van der Waals surface area contributed by atoms with Crippen LogP contribution in [-0.4, -0.2) is 0 Å². The van der Waals surface area contributed by atoms with Crippen LogP contribution in [0.4, 0.5) is 0 Å². The highest BCUT2D eigenvalue weighted by molar-refractivity contribution is 7.99. The quantitative estimate of drug-likeness (QED) is 0.201. The van der Waals surface area contributed by atoms with Crippen molar-refractivity contribution in [3.8, 4) is 33.4 Å². The number of para-hydroxylation sites is 2. The van der Waals surface area contributed by atoms with Gasteiger partial charge in [0, 0.05) is 51.7 Å². The minimum Gasteiger partial charge on any atom is -0.455 e. The Morgan fingerprint density at radius 2 is 1.14 bits per heavy atom. The van der Waals surface area contributed by atoms with E-state index in [1.165, 1.54) is 68.6 Å². The maximum absolute atomic E-state index is 6.35. The highest BCUT2D eigenvalue weighted by Crippen LogP contribution is 2.49. The Hall–Kier alpha value is -4.83. The molecule has 0 radical (unpaired) electrons. The lowest BCUT2D eigenvalue weighted by Gasteiger charge is -2.21. The predicted molar refractivity (Wildman–Crippen MR) is 185 cm³/mol. The van der Waals surface area contributed by atoms with Crippen molar-refractivity contribution in [1.82, 2.24) is 0 Å². The second kappa shape index (κ2) is 8.84. The van der Waals surface area contributed by atoms with E-state index in [9.17, 15) is 0 Å². The Kier molecular flexibility index (Phi) is 4.87. The minimum atomic E-state index is 0.932. The van der Waals surface area contributed by atoms with Gasteiger partial charge in [-0.3, -0.25) is 0 Å². The lowest BCUT2D eigenvalue weighted by Crippen LogP contribution is -1.93. The van der Waals surface area contributed by atoms with Crippen molar-refractivity contribution in [2.45, 2.75) is 9.79 Å². The third kappa shape index (κ3) is 3.47. The lowest BCUT2D eigenvalue weighted by molar-refractivity contribution is 0.670. The number of rotatable bonds is 2. The van der Waals surface area contributed by atoms with E-state index < -0.39 is 0 Å². The van der Waals surface area contributed by atoms with E-state index >= 15 is 0 Å². The molecule has 200 valence electrons. The molecule has 9 aromatic rings. The van der Waals surface area contributed by atoms with Gasteiger partial charge in [0.1, 0.15) is 11.2 Å². The fraction of sp³-hybridized carbons (Fsp3) is 0. The summed E-state index contributed by atoms with van der Waals surface area (Å²) in [6.07, 6.45) is 0. The second-order valence-electron chi connectivity index (χ2n) is 11.3. The largest absolute Gasteiger partial charge is 0.455 e. The Morgan fingerprint density at radius 3 is 2.05 bits per heavy atom. The van der Waals surface area contributed by atoms with Crippen molar-refractivity contribution in [2.24, 2.45) is 0 Å². The highest BCUT2D eigenvalue weighted by atomic mass is 32.2. The average molecular weight is 583 g/mol. The smallest absolute Gasteiger partial charge is 0.143 e. The van der Waals surface area contributed by atoms with E-state index in [0.717, 1.165) is 27.5 Å². The molecule has 0 spiro atoms. The molecule has 43 heavy (non-hydrogen) atoms. The van der Waals surface area contributed by atoms with Gasteiger partial charge in [-0.15, -0.1) is 11.3 Å². The van der Waals surface area contributed by atoms with E-state index in [2.05, 4.69) is 121 Å². The molecule has 3 heteroatoms. The SMILES string of the molecule is c1cc2c3c(cccc3c1)-c1cc(-c3ccc4c(c3)sc3cc(-c5cccc6c5oc5ccccc56)ccc34)ccc1S2. The number of hydrogen-bond acceptors (Lipinski definition) is 3. The Labute approximate surface area is 256 Å². The van der Waals surface area contributed by atoms with E-state index in [-0.39, 0.29) is 0 Å². The van der Waals surface area contributed by atoms with Gasteiger partial charge in [-0.1, -0.05) is 109 Å². The van der Waals surface area contributed by atoms with Crippen molar-refractivity contribution in [1.29, 1.82) is 0 Å². The molecule has 10 rings (SSSR count). The summed E-state index contributed by atoms with van der Waals surface area (Å²) in [4.78, 5) is 2.67. The summed E-state index contributed by atoms with van der Waals surface area (Å²) in [6, 6.07) is 48.8. The molecule has 0 fully saturated rings. The summed E-state index contributed by atoms with van der Waals surface area (Å²) in [6.45, 7) is 0. The topological polar surface area (TPSA) is 13.1 Å². The zero-order valence-corrected chi connectivity index (χ0v) is 24.6. The van der Waals surface area contributed by atoms with Gasteiger partial charge in [-0.2, -0.15) is 0 Å². The zero-order chi connectivity index (χ0) is 28.1. The van der Waals surface area contributed by atoms with Gasteiger partial charge < -0.3 is 4.42 Å². The van der Waals surface area contributed by atoms with Gasteiger partial charge >= 0.3 is 0 Å². The summed E-state index contributed by atoms with van der Waals surface area (Å²) >= 11 is 3.75. The van der Waals surface area contributed by atoms with Gasteiger partial charge in [0.15, 0.2) is 0 Å². The highest BCUT2D eigenvalue weighted by Gasteiger charge is 2.20. The Bertz CT molecular complexity index is 2600. The van der Waals surface area contributed by atoms with E-state index in [4.69, 9.17) is 4.42 Å². The van der Waals surface area contributed by atoms with Gasteiger partial charge in [0.05, 0.1) is 0 Å². The van der Waals surface area contributed by atoms with Crippen LogP contribution in [0.15, 0.2) is 148 Å². The minimum absolute atomic E-state index is 0.932. The van der Waals surface area contributed by atoms with Crippen LogP contribution in [0.5, 0.6) is 0 Å². The first-order valence-corrected chi connectivity index (χ1v) is 16.1. The van der Waals surface area contributed by atoms with Crippen LogP contribution in [0, 0.1) is 0 Å². The van der Waals surface area contributed by atoms with Crippen LogP contribution in [0.3, 0.4) is 0 Å². The molecule has 0 N–H and O–H groups in total. The summed E-state index contributed by atoms with van der Waals surface area (Å²) in [5.41, 5.74) is 9.38. The van der Waals surface area contributed by atoms with Crippen LogP contribution in [0.25, 0.3) is 86.3 Å². The van der Waals surface area contributed by atoms with Crippen molar-refractivity contribution < 1.29 is 4.42 Å². The van der Waals surface area contributed by atoms with Crippen molar-refractivity contribution in [3.63, 3.8) is 0 Å². The summed E-state index contributed by atoms with van der Waals surface area (Å²) in [5, 5.41) is 7.62. The number of furan rings is 1. The molecule has 1 aliphatic heterocycles. The first-order valence-electron chi connectivity index (χ1n) is 14.5. The fourth-order valence-electron chi connectivity index (χ4n) is 6.84. The van der Waals surface area contributed by atoms with Crippen LogP contribution >= 0.6 is 23.1 Å². The van der Waals surface area contributed by atoms with E-state index in [0.29, 0.717) is 0 Å². The molecule has 0 amide bonds. The molecule has 0 aliphatic carbocycles. The number of benzene rings is 7. The standard InChI is InChI=1S/C40H22OS2/c1-2-12-34-28(8-1)32-11-5-9-27(40(32)41-34)26-15-18-30-29-17-14-25(21-37(29)43-38(30)22-26)24-16-19-35-33(20-24)31-10-3-6-23-7-4-13-36(42-35)39(23)31/h1-22H. The van der Waals surface area contributed by atoms with Gasteiger partial charge in [-0.05, 0) is 69.6 Å². The van der Waals surface area contributed by atoms with E-state index in [1.807, 2.05) is 35.2 Å². The van der Waals surface area contributed by atoms with Gasteiger partial charge in [0.25, 0.3) is 0 Å². The lowest BCUT2D eigenvalue weighted by atomic mass is 9.94. The normalized spacial score (nSPS) is 12.6. The average Bonchev–Trinajstić information content (AvgIpc) is 3.62. The number of hydrogen-bond donors (Lipinski definition) is 0. The first-order chi connectivity index (χ1) is 21.3. The summed E-state index contributed by atoms with van der Waals surface area (Å²) in [5.74, 6) is 0. The number of fused-ring (bicyclic) bond motifs is 8. The molecule has 0 saturated heterocycles. The molecular formula is C40H22OS2. The van der Waals surface area contributed by atoms with Crippen LogP contribution in [0.1, 0.15) is 0 Å². The Morgan fingerprint density at radius 1 is 0.442 bits per heavy atom. The van der Waals surface area contributed by atoms with Crippen LogP contribution in [-0.2, 0) is 0 Å². The molecule has 7 aromatic carbocycles. The van der Waals surface area contributed by atoms with Crippen LogP contribution in [0.2, 0.25) is 0 Å². The summed E-state index contributed by atoms with van der Waals surface area (Å²) < 4.78 is 8.96.